The van der Waals surface area contributed by atoms with Gasteiger partial charge in [-0.1, -0.05) is 5.16 Å². The smallest absolute Gasteiger partial charge is 0.290 e. The highest BCUT2D eigenvalue weighted by Gasteiger charge is 2.37. The molecule has 2 heterocycles. The van der Waals surface area contributed by atoms with Crippen molar-refractivity contribution >= 4 is 27.3 Å². The number of hydrogen-bond donors (Lipinski definition) is 1. The summed E-state index contributed by atoms with van der Waals surface area (Å²) in [5.74, 6) is -0.705. The van der Waals surface area contributed by atoms with E-state index in [1.54, 1.807) is 6.92 Å². The molecule has 0 aromatic carbocycles. The third-order valence-electron chi connectivity index (χ3n) is 2.45. The first-order valence-corrected chi connectivity index (χ1v) is 7.22. The van der Waals surface area contributed by atoms with Crippen LogP contribution in [0.1, 0.15) is 16.2 Å². The van der Waals surface area contributed by atoms with Gasteiger partial charge in [0.1, 0.15) is 0 Å². The molecule has 8 heteroatoms. The maximum Gasteiger partial charge on any atom is 0.290 e. The van der Waals surface area contributed by atoms with Gasteiger partial charge in [-0.2, -0.15) is 0 Å². The minimum Gasteiger partial charge on any atom is -0.351 e. The molecule has 17 heavy (non-hydrogen) atoms. The summed E-state index contributed by atoms with van der Waals surface area (Å²) in [4.78, 5) is 11.7. The molecule has 1 aliphatic rings. The number of aryl methyl sites for hydroxylation is 1. The van der Waals surface area contributed by atoms with Crippen molar-refractivity contribution in [3.05, 3.63) is 17.5 Å². The number of sulfone groups is 1. The second-order valence-corrected chi connectivity index (χ2v) is 6.72. The molecule has 2 rings (SSSR count). The van der Waals surface area contributed by atoms with E-state index in [4.69, 9.17) is 16.1 Å². The van der Waals surface area contributed by atoms with Crippen molar-refractivity contribution in [1.82, 2.24) is 10.5 Å². The van der Waals surface area contributed by atoms with E-state index < -0.39 is 27.2 Å². The predicted molar refractivity (Wildman–Crippen MR) is 60.8 cm³/mol. The fraction of sp³-hybridized carbons (Fsp3) is 0.556. The van der Waals surface area contributed by atoms with Gasteiger partial charge in [0.05, 0.1) is 28.6 Å². The molecule has 1 N–H and O–H groups in total. The molecule has 1 aromatic heterocycles. The standard InChI is InChI=1S/C9H11ClN2O4S/c1-5-2-8(16-12-5)9(13)11-7-4-17(14,15)3-6(7)10/h2,6-7H,3-4H2,1H3,(H,11,13). The van der Waals surface area contributed by atoms with E-state index in [-0.39, 0.29) is 17.3 Å². The molecule has 0 radical (unpaired) electrons. The lowest BCUT2D eigenvalue weighted by atomic mass is 10.2. The maximum absolute atomic E-state index is 11.7. The number of nitrogens with one attached hydrogen (secondary N) is 1. The van der Waals surface area contributed by atoms with E-state index in [9.17, 15) is 13.2 Å². The van der Waals surface area contributed by atoms with E-state index in [0.29, 0.717) is 5.69 Å². The molecule has 6 nitrogen and oxygen atoms in total. The highest BCUT2D eigenvalue weighted by Crippen LogP contribution is 2.18. The zero-order valence-electron chi connectivity index (χ0n) is 9.01. The SMILES string of the molecule is Cc1cc(C(=O)NC2CS(=O)(=O)CC2Cl)on1. The normalized spacial score (nSPS) is 26.9. The van der Waals surface area contributed by atoms with Gasteiger partial charge in [0, 0.05) is 6.07 Å². The van der Waals surface area contributed by atoms with Gasteiger partial charge >= 0.3 is 0 Å². The molecule has 1 amide bonds. The molecule has 94 valence electrons. The third kappa shape index (κ3) is 2.78. The average Bonchev–Trinajstić information content (AvgIpc) is 2.71. The molecule has 2 atom stereocenters. The molecule has 1 fully saturated rings. The highest BCUT2D eigenvalue weighted by molar-refractivity contribution is 7.91. The monoisotopic (exact) mass is 278 g/mol. The summed E-state index contributed by atoms with van der Waals surface area (Å²) < 4.78 is 27.4. The van der Waals surface area contributed by atoms with Crippen LogP contribution in [0.5, 0.6) is 0 Å². The molecule has 1 aliphatic heterocycles. The number of alkyl halides is 1. The number of amides is 1. The average molecular weight is 279 g/mol. The Morgan fingerprint density at radius 1 is 1.59 bits per heavy atom. The summed E-state index contributed by atoms with van der Waals surface area (Å²) in [6.07, 6.45) is 0. The third-order valence-corrected chi connectivity index (χ3v) is 4.83. The number of aromatic nitrogens is 1. The van der Waals surface area contributed by atoms with Crippen LogP contribution in [0.3, 0.4) is 0 Å². The topological polar surface area (TPSA) is 89.3 Å². The molecule has 0 aliphatic carbocycles. The van der Waals surface area contributed by atoms with Gasteiger partial charge in [0.2, 0.25) is 5.76 Å². The number of nitrogens with zero attached hydrogens (tertiary/aromatic N) is 1. The van der Waals surface area contributed by atoms with Crippen LogP contribution in [-0.4, -0.2) is 42.4 Å². The fourth-order valence-corrected chi connectivity index (χ4v) is 4.20. The van der Waals surface area contributed by atoms with Crippen LogP contribution in [0.4, 0.5) is 0 Å². The number of hydrogen-bond acceptors (Lipinski definition) is 5. The lowest BCUT2D eigenvalue weighted by Crippen LogP contribution is -2.40. The van der Waals surface area contributed by atoms with Crippen LogP contribution in [0.25, 0.3) is 0 Å². The summed E-state index contributed by atoms with van der Waals surface area (Å²) >= 11 is 5.86. The van der Waals surface area contributed by atoms with Crippen molar-refractivity contribution in [2.45, 2.75) is 18.3 Å². The fourth-order valence-electron chi connectivity index (χ4n) is 1.65. The number of halogens is 1. The first kappa shape index (κ1) is 12.4. The summed E-state index contributed by atoms with van der Waals surface area (Å²) in [5.41, 5.74) is 0.580. The lowest BCUT2D eigenvalue weighted by Gasteiger charge is -2.12. The second-order valence-electron chi connectivity index (χ2n) is 4.01. The van der Waals surface area contributed by atoms with Crippen LogP contribution in [0.15, 0.2) is 10.6 Å². The van der Waals surface area contributed by atoms with Crippen molar-refractivity contribution < 1.29 is 17.7 Å². The Balaban J connectivity index is 2.05. The van der Waals surface area contributed by atoms with E-state index in [2.05, 4.69) is 10.5 Å². The quantitative estimate of drug-likeness (QED) is 0.776. The van der Waals surface area contributed by atoms with Crippen molar-refractivity contribution in [2.75, 3.05) is 11.5 Å². The van der Waals surface area contributed by atoms with E-state index in [1.165, 1.54) is 6.07 Å². The largest absolute Gasteiger partial charge is 0.351 e. The zero-order chi connectivity index (χ0) is 12.6. The van der Waals surface area contributed by atoms with Gasteiger partial charge < -0.3 is 9.84 Å². The highest BCUT2D eigenvalue weighted by atomic mass is 35.5. The Bertz CT molecular complexity index is 539. The maximum atomic E-state index is 11.7. The van der Waals surface area contributed by atoms with Crippen molar-refractivity contribution in [2.24, 2.45) is 0 Å². The second kappa shape index (κ2) is 4.30. The van der Waals surface area contributed by atoms with Crippen molar-refractivity contribution in [3.63, 3.8) is 0 Å². The van der Waals surface area contributed by atoms with Crippen LogP contribution < -0.4 is 5.32 Å². The summed E-state index contributed by atoms with van der Waals surface area (Å²) in [6, 6.07) is 0.891. The number of carbonyl (C=O) groups is 1. The molecular formula is C9H11ClN2O4S. The molecular weight excluding hydrogens is 268 g/mol. The van der Waals surface area contributed by atoms with E-state index >= 15 is 0 Å². The summed E-state index contributed by atoms with van der Waals surface area (Å²) in [5, 5.41) is 5.50. The molecule has 2 unspecified atom stereocenters. The van der Waals surface area contributed by atoms with Crippen LogP contribution in [-0.2, 0) is 9.84 Å². The van der Waals surface area contributed by atoms with Gasteiger partial charge in [0.15, 0.2) is 9.84 Å². The summed E-state index contributed by atoms with van der Waals surface area (Å²) in [7, 11) is -3.16. The van der Waals surface area contributed by atoms with Crippen molar-refractivity contribution in [1.29, 1.82) is 0 Å². The Morgan fingerprint density at radius 3 is 2.76 bits per heavy atom. The summed E-state index contributed by atoms with van der Waals surface area (Å²) in [6.45, 7) is 1.69. The number of rotatable bonds is 2. The van der Waals surface area contributed by atoms with Crippen LogP contribution in [0, 0.1) is 6.92 Å². The Morgan fingerprint density at radius 2 is 2.29 bits per heavy atom. The van der Waals surface area contributed by atoms with Gasteiger partial charge in [-0.05, 0) is 6.92 Å². The molecule has 1 aromatic rings. The van der Waals surface area contributed by atoms with Gasteiger partial charge in [0.25, 0.3) is 5.91 Å². The first-order valence-electron chi connectivity index (χ1n) is 4.96. The Labute approximate surface area is 103 Å². The van der Waals surface area contributed by atoms with Crippen LogP contribution >= 0.6 is 11.6 Å². The Hall–Kier alpha value is -1.08. The first-order chi connectivity index (χ1) is 7.87. The van der Waals surface area contributed by atoms with Gasteiger partial charge in [-0.15, -0.1) is 11.6 Å². The minimum atomic E-state index is -3.16. The van der Waals surface area contributed by atoms with Gasteiger partial charge in [-0.25, -0.2) is 8.42 Å². The van der Waals surface area contributed by atoms with E-state index in [1.807, 2.05) is 0 Å². The minimum absolute atomic E-state index is 0.0515. The predicted octanol–water partition coefficient (Wildman–Crippen LogP) is 0.117. The van der Waals surface area contributed by atoms with Gasteiger partial charge in [-0.3, -0.25) is 4.79 Å². The lowest BCUT2D eigenvalue weighted by molar-refractivity contribution is 0.0904. The zero-order valence-corrected chi connectivity index (χ0v) is 10.6. The van der Waals surface area contributed by atoms with Crippen LogP contribution in [0.2, 0.25) is 0 Å². The molecule has 0 saturated carbocycles. The molecule has 0 spiro atoms. The Kier molecular flexibility index (Phi) is 3.13. The number of carbonyl (C=O) groups excluding carboxylic acids is 1. The van der Waals surface area contributed by atoms with E-state index in [0.717, 1.165) is 0 Å². The molecule has 0 bridgehead atoms. The van der Waals surface area contributed by atoms with Crippen molar-refractivity contribution in [3.8, 4) is 0 Å². The molecule has 1 saturated heterocycles.